The van der Waals surface area contributed by atoms with Gasteiger partial charge in [-0.15, -0.1) is 11.6 Å². The molecule has 19 heavy (non-hydrogen) atoms. The average Bonchev–Trinajstić information content (AvgIpc) is 2.49. The molecule has 2 fully saturated rings. The number of alkyl halides is 1. The molecular formula is C16H30ClNO. The molecule has 2 saturated carbocycles. The third kappa shape index (κ3) is 4.91. The average molecular weight is 288 g/mol. The zero-order chi connectivity index (χ0) is 13.5. The molecule has 2 aliphatic rings. The summed E-state index contributed by atoms with van der Waals surface area (Å²) in [6, 6.07) is 0.624. The van der Waals surface area contributed by atoms with Crippen molar-refractivity contribution in [3.8, 4) is 0 Å². The Bertz CT molecular complexity index is 219. The van der Waals surface area contributed by atoms with Gasteiger partial charge in [0.25, 0.3) is 0 Å². The molecule has 0 aromatic heterocycles. The van der Waals surface area contributed by atoms with Crippen LogP contribution in [0.25, 0.3) is 0 Å². The molecule has 2 N–H and O–H groups in total. The molecule has 0 amide bonds. The van der Waals surface area contributed by atoms with E-state index >= 15 is 0 Å². The van der Waals surface area contributed by atoms with Crippen LogP contribution in [-0.2, 0) is 0 Å². The summed E-state index contributed by atoms with van der Waals surface area (Å²) in [5, 5.41) is 13.4. The highest BCUT2D eigenvalue weighted by atomic mass is 35.5. The van der Waals surface area contributed by atoms with Gasteiger partial charge in [-0.3, -0.25) is 0 Å². The molecule has 112 valence electrons. The van der Waals surface area contributed by atoms with Crippen molar-refractivity contribution >= 4 is 11.6 Å². The van der Waals surface area contributed by atoms with Crippen molar-refractivity contribution in [2.75, 3.05) is 12.4 Å². The van der Waals surface area contributed by atoms with Crippen LogP contribution in [0.2, 0.25) is 0 Å². The number of aliphatic hydroxyl groups excluding tert-OH is 1. The first-order valence-electron chi connectivity index (χ1n) is 8.28. The molecule has 0 aromatic rings. The first-order chi connectivity index (χ1) is 9.31. The lowest BCUT2D eigenvalue weighted by Gasteiger charge is -2.39. The summed E-state index contributed by atoms with van der Waals surface area (Å²) >= 11 is 5.72. The fraction of sp³-hybridized carbons (Fsp3) is 1.00. The number of hydrogen-bond donors (Lipinski definition) is 2. The SMILES string of the molecule is OC(CCl)CNC(C1CCCCC1)C1CCCCC1. The Morgan fingerprint density at radius 3 is 1.79 bits per heavy atom. The van der Waals surface area contributed by atoms with Gasteiger partial charge < -0.3 is 10.4 Å². The van der Waals surface area contributed by atoms with Gasteiger partial charge in [-0.05, 0) is 37.5 Å². The predicted octanol–water partition coefficient (Wildman–Crippen LogP) is 3.70. The highest BCUT2D eigenvalue weighted by molar-refractivity contribution is 6.18. The summed E-state index contributed by atoms with van der Waals surface area (Å²) in [6.45, 7) is 0.668. The number of aliphatic hydroxyl groups is 1. The van der Waals surface area contributed by atoms with Crippen molar-refractivity contribution in [3.63, 3.8) is 0 Å². The molecule has 0 aromatic carbocycles. The number of halogens is 1. The maximum atomic E-state index is 9.71. The molecule has 1 unspecified atom stereocenters. The molecular weight excluding hydrogens is 258 g/mol. The summed E-state index contributed by atoms with van der Waals surface area (Å²) in [6.07, 6.45) is 13.5. The first kappa shape index (κ1) is 15.6. The van der Waals surface area contributed by atoms with Gasteiger partial charge >= 0.3 is 0 Å². The predicted molar refractivity (Wildman–Crippen MR) is 81.7 cm³/mol. The molecule has 2 aliphatic carbocycles. The van der Waals surface area contributed by atoms with Crippen molar-refractivity contribution in [1.29, 1.82) is 0 Å². The van der Waals surface area contributed by atoms with Crippen molar-refractivity contribution in [2.24, 2.45) is 11.8 Å². The third-order valence-electron chi connectivity index (χ3n) is 5.08. The van der Waals surface area contributed by atoms with Gasteiger partial charge in [0.15, 0.2) is 0 Å². The largest absolute Gasteiger partial charge is 0.391 e. The van der Waals surface area contributed by atoms with Gasteiger partial charge in [-0.1, -0.05) is 38.5 Å². The van der Waals surface area contributed by atoms with Crippen LogP contribution >= 0.6 is 11.6 Å². The minimum absolute atomic E-state index is 0.342. The van der Waals surface area contributed by atoms with E-state index in [0.29, 0.717) is 18.5 Å². The van der Waals surface area contributed by atoms with Crippen molar-refractivity contribution < 1.29 is 5.11 Å². The highest BCUT2D eigenvalue weighted by Gasteiger charge is 2.31. The van der Waals surface area contributed by atoms with Crippen LogP contribution in [0.3, 0.4) is 0 Å². The Morgan fingerprint density at radius 2 is 1.37 bits per heavy atom. The topological polar surface area (TPSA) is 32.3 Å². The van der Waals surface area contributed by atoms with E-state index in [1.165, 1.54) is 64.2 Å². The van der Waals surface area contributed by atoms with Crippen LogP contribution < -0.4 is 5.32 Å². The second-order valence-electron chi connectivity index (χ2n) is 6.54. The molecule has 2 nitrogen and oxygen atoms in total. The lowest BCUT2D eigenvalue weighted by Crippen LogP contribution is -2.46. The van der Waals surface area contributed by atoms with E-state index in [1.807, 2.05) is 0 Å². The Kier molecular flexibility index (Phi) is 6.97. The summed E-state index contributed by atoms with van der Waals surface area (Å²) in [7, 11) is 0. The maximum Gasteiger partial charge on any atom is 0.0799 e. The van der Waals surface area contributed by atoms with E-state index in [1.54, 1.807) is 0 Å². The van der Waals surface area contributed by atoms with Crippen LogP contribution in [0, 0.1) is 11.8 Å². The second kappa shape index (κ2) is 8.49. The van der Waals surface area contributed by atoms with E-state index in [-0.39, 0.29) is 0 Å². The minimum atomic E-state index is -0.392. The minimum Gasteiger partial charge on any atom is -0.391 e. The van der Waals surface area contributed by atoms with Gasteiger partial charge in [0, 0.05) is 18.5 Å². The van der Waals surface area contributed by atoms with E-state index < -0.39 is 6.10 Å². The number of nitrogens with one attached hydrogen (secondary N) is 1. The molecule has 0 aliphatic heterocycles. The Labute approximate surface area is 123 Å². The summed E-state index contributed by atoms with van der Waals surface area (Å²) in [5.74, 6) is 2.01. The molecule has 0 bridgehead atoms. The number of rotatable bonds is 6. The van der Waals surface area contributed by atoms with Crippen LogP contribution in [0.1, 0.15) is 64.2 Å². The smallest absolute Gasteiger partial charge is 0.0799 e. The number of hydrogen-bond acceptors (Lipinski definition) is 2. The van der Waals surface area contributed by atoms with E-state index in [0.717, 1.165) is 11.8 Å². The van der Waals surface area contributed by atoms with Gasteiger partial charge in [-0.25, -0.2) is 0 Å². The molecule has 1 atom stereocenters. The Hall–Kier alpha value is 0.210. The third-order valence-corrected chi connectivity index (χ3v) is 5.44. The van der Waals surface area contributed by atoms with Gasteiger partial charge in [0.2, 0.25) is 0 Å². The quantitative estimate of drug-likeness (QED) is 0.730. The van der Waals surface area contributed by atoms with E-state index in [2.05, 4.69) is 5.32 Å². The van der Waals surface area contributed by atoms with Crippen molar-refractivity contribution in [2.45, 2.75) is 76.4 Å². The molecule has 3 heteroatoms. The van der Waals surface area contributed by atoms with E-state index in [4.69, 9.17) is 11.6 Å². The van der Waals surface area contributed by atoms with Crippen LogP contribution in [0.4, 0.5) is 0 Å². The van der Waals surface area contributed by atoms with Crippen molar-refractivity contribution in [1.82, 2.24) is 5.32 Å². The van der Waals surface area contributed by atoms with Gasteiger partial charge in [0.1, 0.15) is 0 Å². The standard InChI is InChI=1S/C16H30ClNO/c17-11-15(19)12-18-16(13-7-3-1-4-8-13)14-9-5-2-6-10-14/h13-16,18-19H,1-12H2. The molecule has 0 saturated heterocycles. The first-order valence-corrected chi connectivity index (χ1v) is 8.82. The zero-order valence-electron chi connectivity index (χ0n) is 12.1. The molecule has 0 spiro atoms. The molecule has 2 rings (SSSR count). The summed E-state index contributed by atoms with van der Waals surface area (Å²) in [4.78, 5) is 0. The zero-order valence-corrected chi connectivity index (χ0v) is 12.9. The van der Waals surface area contributed by atoms with Gasteiger partial charge in [0.05, 0.1) is 6.10 Å². The van der Waals surface area contributed by atoms with Crippen LogP contribution in [0.15, 0.2) is 0 Å². The summed E-state index contributed by atoms with van der Waals surface area (Å²) in [5.41, 5.74) is 0. The Balaban J connectivity index is 1.90. The monoisotopic (exact) mass is 287 g/mol. The lowest BCUT2D eigenvalue weighted by atomic mass is 9.74. The Morgan fingerprint density at radius 1 is 0.895 bits per heavy atom. The van der Waals surface area contributed by atoms with Crippen molar-refractivity contribution in [3.05, 3.63) is 0 Å². The maximum absolute atomic E-state index is 9.71. The van der Waals surface area contributed by atoms with E-state index in [9.17, 15) is 5.11 Å². The normalized spacial score (nSPS) is 24.8. The molecule has 0 radical (unpaired) electrons. The van der Waals surface area contributed by atoms with Crippen LogP contribution in [-0.4, -0.2) is 29.7 Å². The highest BCUT2D eigenvalue weighted by Crippen LogP contribution is 2.35. The summed E-state index contributed by atoms with van der Waals surface area (Å²) < 4.78 is 0. The fourth-order valence-electron chi connectivity index (χ4n) is 4.03. The van der Waals surface area contributed by atoms with Gasteiger partial charge in [-0.2, -0.15) is 0 Å². The van der Waals surface area contributed by atoms with Crippen LogP contribution in [0.5, 0.6) is 0 Å². The molecule has 0 heterocycles. The fourth-order valence-corrected chi connectivity index (χ4v) is 4.14. The second-order valence-corrected chi connectivity index (χ2v) is 6.85. The lowest BCUT2D eigenvalue weighted by molar-refractivity contribution is 0.139.